The minimum atomic E-state index is -3.87. The van der Waals surface area contributed by atoms with E-state index >= 15 is 0 Å². The van der Waals surface area contributed by atoms with Gasteiger partial charge in [-0.15, -0.1) is 0 Å². The van der Waals surface area contributed by atoms with Crippen molar-refractivity contribution in [3.8, 4) is 0 Å². The third kappa shape index (κ3) is 6.56. The fraction of sp³-hybridized carbons (Fsp3) is 0.480. The van der Waals surface area contributed by atoms with E-state index in [-0.39, 0.29) is 17.3 Å². The summed E-state index contributed by atoms with van der Waals surface area (Å²) in [7, 11) is -3.87. The molecule has 1 saturated heterocycles. The average Bonchev–Trinajstić information content (AvgIpc) is 2.77. The van der Waals surface area contributed by atoms with Crippen molar-refractivity contribution in [1.82, 2.24) is 10.2 Å². The Hall–Kier alpha value is -2.38. The molecule has 2 aromatic carbocycles. The fourth-order valence-corrected chi connectivity index (χ4v) is 5.29. The molecule has 0 bridgehead atoms. The zero-order chi connectivity index (χ0) is 23.1. The van der Waals surface area contributed by atoms with Crippen molar-refractivity contribution in [2.75, 3.05) is 37.0 Å². The summed E-state index contributed by atoms with van der Waals surface area (Å²) in [5, 5.41) is 2.90. The highest BCUT2D eigenvalue weighted by atomic mass is 32.2. The van der Waals surface area contributed by atoms with Gasteiger partial charge in [-0.2, -0.15) is 0 Å². The van der Waals surface area contributed by atoms with Crippen molar-refractivity contribution in [2.45, 2.75) is 44.9 Å². The first-order valence-corrected chi connectivity index (χ1v) is 12.8. The quantitative estimate of drug-likeness (QED) is 0.583. The minimum Gasteiger partial charge on any atom is -0.354 e. The number of piperidine rings is 1. The van der Waals surface area contributed by atoms with E-state index in [1.54, 1.807) is 36.4 Å². The number of rotatable bonds is 9. The van der Waals surface area contributed by atoms with Gasteiger partial charge < -0.3 is 10.2 Å². The molecule has 1 amide bonds. The topological polar surface area (TPSA) is 69.7 Å². The van der Waals surface area contributed by atoms with E-state index in [1.807, 2.05) is 26.0 Å². The lowest BCUT2D eigenvalue weighted by Gasteiger charge is -2.30. The Balaban J connectivity index is 1.64. The maximum atomic E-state index is 13.4. The van der Waals surface area contributed by atoms with Gasteiger partial charge in [0.15, 0.2) is 0 Å². The summed E-state index contributed by atoms with van der Waals surface area (Å²) < 4.78 is 27.9. The van der Waals surface area contributed by atoms with Crippen molar-refractivity contribution in [3.63, 3.8) is 0 Å². The second kappa shape index (κ2) is 11.0. The first-order valence-electron chi connectivity index (χ1n) is 11.4. The molecule has 0 aromatic heterocycles. The van der Waals surface area contributed by atoms with Crippen LogP contribution in [0.4, 0.5) is 5.69 Å². The van der Waals surface area contributed by atoms with E-state index in [0.29, 0.717) is 12.2 Å². The van der Waals surface area contributed by atoms with E-state index in [1.165, 1.54) is 17.1 Å². The molecule has 0 spiro atoms. The number of likely N-dealkylation sites (tertiary alicyclic amines) is 1. The number of carbonyl (C=O) groups is 1. The van der Waals surface area contributed by atoms with Crippen molar-refractivity contribution in [3.05, 3.63) is 59.7 Å². The first kappa shape index (κ1) is 24.3. The Morgan fingerprint density at radius 3 is 2.16 bits per heavy atom. The maximum absolute atomic E-state index is 13.4. The van der Waals surface area contributed by atoms with Crippen LogP contribution >= 0.6 is 0 Å². The van der Waals surface area contributed by atoms with Gasteiger partial charge in [-0.3, -0.25) is 9.10 Å². The summed E-state index contributed by atoms with van der Waals surface area (Å²) in [5.41, 5.74) is 2.48. The molecule has 1 aliphatic heterocycles. The molecular formula is C25H35N3O3S. The van der Waals surface area contributed by atoms with Crippen molar-refractivity contribution >= 4 is 21.6 Å². The second-order valence-corrected chi connectivity index (χ2v) is 10.8. The molecule has 2 aromatic rings. The van der Waals surface area contributed by atoms with Crippen LogP contribution in [0.15, 0.2) is 53.4 Å². The van der Waals surface area contributed by atoms with Crippen molar-refractivity contribution in [1.29, 1.82) is 0 Å². The summed E-state index contributed by atoms with van der Waals surface area (Å²) in [4.78, 5) is 15.3. The summed E-state index contributed by atoms with van der Waals surface area (Å²) in [5.74, 6) is 0.503. The average molecular weight is 458 g/mol. The van der Waals surface area contributed by atoms with E-state index in [4.69, 9.17) is 0 Å². The lowest BCUT2D eigenvalue weighted by molar-refractivity contribution is -0.119. The second-order valence-electron chi connectivity index (χ2n) is 8.89. The van der Waals surface area contributed by atoms with Gasteiger partial charge in [-0.05, 0) is 82.9 Å². The Bertz CT molecular complexity index is 980. The number of benzene rings is 2. The summed E-state index contributed by atoms with van der Waals surface area (Å²) in [6, 6.07) is 13.9. The van der Waals surface area contributed by atoms with E-state index in [0.717, 1.165) is 43.1 Å². The molecule has 174 valence electrons. The number of aryl methyl sites for hydroxylation is 2. The van der Waals surface area contributed by atoms with E-state index in [2.05, 4.69) is 17.1 Å². The molecule has 0 aliphatic carbocycles. The molecule has 7 heteroatoms. The third-order valence-electron chi connectivity index (χ3n) is 6.07. The van der Waals surface area contributed by atoms with Gasteiger partial charge in [-0.25, -0.2) is 8.42 Å². The van der Waals surface area contributed by atoms with Crippen molar-refractivity contribution in [2.24, 2.45) is 5.92 Å². The number of anilines is 1. The van der Waals surface area contributed by atoms with Crippen LogP contribution in [0.3, 0.4) is 0 Å². The molecule has 1 aliphatic rings. The molecule has 3 rings (SSSR count). The fourth-order valence-electron chi connectivity index (χ4n) is 3.87. The zero-order valence-electron chi connectivity index (χ0n) is 19.4. The van der Waals surface area contributed by atoms with Crippen LogP contribution < -0.4 is 9.62 Å². The molecule has 0 saturated carbocycles. The molecular weight excluding hydrogens is 422 g/mol. The largest absolute Gasteiger partial charge is 0.354 e. The number of carbonyl (C=O) groups excluding carboxylic acids is 1. The van der Waals surface area contributed by atoms with Crippen LogP contribution in [-0.4, -0.2) is 51.9 Å². The number of amides is 1. The lowest BCUT2D eigenvalue weighted by atomic mass is 9.99. The monoisotopic (exact) mass is 457 g/mol. The van der Waals surface area contributed by atoms with E-state index in [9.17, 15) is 13.2 Å². The van der Waals surface area contributed by atoms with Gasteiger partial charge in [-0.1, -0.05) is 42.3 Å². The third-order valence-corrected chi connectivity index (χ3v) is 7.86. The molecule has 1 fully saturated rings. The van der Waals surface area contributed by atoms with Crippen LogP contribution in [0.5, 0.6) is 0 Å². The number of nitrogens with one attached hydrogen (secondary N) is 1. The lowest BCUT2D eigenvalue weighted by Crippen LogP contribution is -2.42. The van der Waals surface area contributed by atoms with Gasteiger partial charge in [0.1, 0.15) is 6.54 Å². The Labute approximate surface area is 192 Å². The number of nitrogens with zero attached hydrogens (tertiary/aromatic N) is 2. The summed E-state index contributed by atoms with van der Waals surface area (Å²) >= 11 is 0. The van der Waals surface area contributed by atoms with Gasteiger partial charge in [0.25, 0.3) is 10.0 Å². The highest BCUT2D eigenvalue weighted by Crippen LogP contribution is 2.24. The minimum absolute atomic E-state index is 0.177. The Kier molecular flexibility index (Phi) is 8.32. The molecule has 32 heavy (non-hydrogen) atoms. The van der Waals surface area contributed by atoms with Gasteiger partial charge in [0.05, 0.1) is 10.6 Å². The van der Waals surface area contributed by atoms with Crippen molar-refractivity contribution < 1.29 is 13.2 Å². The normalized spacial score (nSPS) is 15.5. The predicted octanol–water partition coefficient (Wildman–Crippen LogP) is 3.74. The molecule has 1 N–H and O–H groups in total. The van der Waals surface area contributed by atoms with Crippen LogP contribution in [0.2, 0.25) is 0 Å². The van der Waals surface area contributed by atoms with Gasteiger partial charge >= 0.3 is 0 Å². The molecule has 1 heterocycles. The summed E-state index contributed by atoms with van der Waals surface area (Å²) in [6.45, 7) is 9.62. The first-order chi connectivity index (χ1) is 15.3. The van der Waals surface area contributed by atoms with Gasteiger partial charge in [0.2, 0.25) is 5.91 Å². The highest BCUT2D eigenvalue weighted by molar-refractivity contribution is 7.92. The molecule has 6 nitrogen and oxygen atoms in total. The van der Waals surface area contributed by atoms with Gasteiger partial charge in [0, 0.05) is 6.54 Å². The van der Waals surface area contributed by atoms with Crippen LogP contribution in [0.25, 0.3) is 0 Å². The Morgan fingerprint density at radius 1 is 1.00 bits per heavy atom. The van der Waals surface area contributed by atoms with E-state index < -0.39 is 10.0 Å². The molecule has 0 radical (unpaired) electrons. The Morgan fingerprint density at radius 2 is 1.56 bits per heavy atom. The summed E-state index contributed by atoms with van der Waals surface area (Å²) in [6.07, 6.45) is 3.32. The molecule has 0 unspecified atom stereocenters. The van der Waals surface area contributed by atoms with Crippen LogP contribution in [0.1, 0.15) is 37.3 Å². The smallest absolute Gasteiger partial charge is 0.264 e. The van der Waals surface area contributed by atoms with Crippen LogP contribution in [-0.2, 0) is 14.8 Å². The number of hydrogen-bond acceptors (Lipinski definition) is 4. The predicted molar refractivity (Wildman–Crippen MR) is 129 cm³/mol. The molecule has 0 atom stereocenters. The standard InChI is InChI=1S/C25H35N3O3S/c1-20-5-9-23(10-6-20)28(32(30,31)24-11-7-21(2)8-12-24)19-25(29)26-15-4-16-27-17-13-22(3)14-18-27/h5-12,22H,4,13-19H2,1-3H3,(H,26,29). The highest BCUT2D eigenvalue weighted by Gasteiger charge is 2.27. The van der Waals surface area contributed by atoms with Crippen LogP contribution in [0, 0.1) is 19.8 Å². The SMILES string of the molecule is Cc1ccc(N(CC(=O)NCCCN2CCC(C)CC2)S(=O)(=O)c2ccc(C)cc2)cc1. The maximum Gasteiger partial charge on any atom is 0.264 e. The number of sulfonamides is 1. The number of hydrogen-bond donors (Lipinski definition) is 1. The zero-order valence-corrected chi connectivity index (χ0v) is 20.2.